The second-order valence-corrected chi connectivity index (χ2v) is 4.36. The number of rotatable bonds is 3. The van der Waals surface area contributed by atoms with Crippen LogP contribution >= 0.6 is 11.6 Å². The van der Waals surface area contributed by atoms with Gasteiger partial charge in [0.05, 0.1) is 13.2 Å². The molecule has 4 heteroatoms. The van der Waals surface area contributed by atoms with Gasteiger partial charge in [0.15, 0.2) is 11.6 Å². The zero-order valence-corrected chi connectivity index (χ0v) is 10.6. The number of ether oxygens (including phenoxy) is 1. The topological polar surface area (TPSA) is 35.2 Å². The van der Waals surface area contributed by atoms with Gasteiger partial charge in [-0.05, 0) is 35.4 Å². The standard InChI is InChI=1S/C14H13ClFNO/c1-18-13-6-5-10(8-12(13)16)14(17)9-3-2-4-11(15)7-9/h2-8,14H,17H2,1H3. The Morgan fingerprint density at radius 1 is 1.17 bits per heavy atom. The van der Waals surface area contributed by atoms with Crippen molar-refractivity contribution in [2.24, 2.45) is 5.73 Å². The van der Waals surface area contributed by atoms with Gasteiger partial charge in [0.1, 0.15) is 0 Å². The summed E-state index contributed by atoms with van der Waals surface area (Å²) in [7, 11) is 1.43. The lowest BCUT2D eigenvalue weighted by molar-refractivity contribution is 0.386. The van der Waals surface area contributed by atoms with Gasteiger partial charge in [-0.15, -0.1) is 0 Å². The van der Waals surface area contributed by atoms with Crippen molar-refractivity contribution in [1.82, 2.24) is 0 Å². The Labute approximate surface area is 110 Å². The number of halogens is 2. The minimum absolute atomic E-state index is 0.206. The van der Waals surface area contributed by atoms with E-state index in [2.05, 4.69) is 0 Å². The van der Waals surface area contributed by atoms with E-state index in [-0.39, 0.29) is 5.75 Å². The van der Waals surface area contributed by atoms with Crippen LogP contribution in [0.2, 0.25) is 5.02 Å². The van der Waals surface area contributed by atoms with Crippen molar-refractivity contribution in [2.75, 3.05) is 7.11 Å². The molecule has 94 valence electrons. The predicted molar refractivity (Wildman–Crippen MR) is 70.4 cm³/mol. The molecule has 0 spiro atoms. The molecule has 0 aromatic heterocycles. The summed E-state index contributed by atoms with van der Waals surface area (Å²) in [4.78, 5) is 0. The summed E-state index contributed by atoms with van der Waals surface area (Å²) >= 11 is 5.91. The molecule has 2 nitrogen and oxygen atoms in total. The summed E-state index contributed by atoms with van der Waals surface area (Å²) in [5.74, 6) is -0.218. The lowest BCUT2D eigenvalue weighted by atomic mass is 9.99. The van der Waals surface area contributed by atoms with Gasteiger partial charge in [0.25, 0.3) is 0 Å². The predicted octanol–water partition coefficient (Wildman–Crippen LogP) is 3.54. The normalized spacial score (nSPS) is 12.2. The molecule has 18 heavy (non-hydrogen) atoms. The molecular formula is C14H13ClFNO. The number of nitrogens with two attached hydrogens (primary N) is 1. The summed E-state index contributed by atoms with van der Waals surface area (Å²) in [6, 6.07) is 11.5. The number of benzene rings is 2. The molecule has 0 saturated heterocycles. The first-order valence-electron chi connectivity index (χ1n) is 5.46. The third kappa shape index (κ3) is 2.63. The van der Waals surface area contributed by atoms with Gasteiger partial charge in [-0.3, -0.25) is 0 Å². The average molecular weight is 266 g/mol. The van der Waals surface area contributed by atoms with E-state index >= 15 is 0 Å². The Bertz CT molecular complexity index is 559. The molecule has 2 aromatic carbocycles. The summed E-state index contributed by atoms with van der Waals surface area (Å²) < 4.78 is 18.5. The van der Waals surface area contributed by atoms with Crippen molar-refractivity contribution in [3.63, 3.8) is 0 Å². The number of methoxy groups -OCH3 is 1. The van der Waals surface area contributed by atoms with Crippen LogP contribution < -0.4 is 10.5 Å². The summed E-state index contributed by atoms with van der Waals surface area (Å²) in [5.41, 5.74) is 7.60. The molecule has 0 aliphatic rings. The van der Waals surface area contributed by atoms with E-state index < -0.39 is 11.9 Å². The third-order valence-electron chi connectivity index (χ3n) is 2.74. The summed E-state index contributed by atoms with van der Waals surface area (Å²) in [5, 5.41) is 0.608. The van der Waals surface area contributed by atoms with E-state index in [0.717, 1.165) is 5.56 Å². The van der Waals surface area contributed by atoms with Crippen LogP contribution in [0.25, 0.3) is 0 Å². The van der Waals surface area contributed by atoms with Crippen LogP contribution in [0.1, 0.15) is 17.2 Å². The molecule has 0 fully saturated rings. The fourth-order valence-electron chi connectivity index (χ4n) is 1.77. The van der Waals surface area contributed by atoms with Crippen molar-refractivity contribution in [1.29, 1.82) is 0 Å². The second kappa shape index (κ2) is 5.38. The van der Waals surface area contributed by atoms with Crippen molar-refractivity contribution < 1.29 is 9.13 Å². The van der Waals surface area contributed by atoms with Crippen molar-refractivity contribution in [3.05, 3.63) is 64.4 Å². The van der Waals surface area contributed by atoms with Gasteiger partial charge in [-0.25, -0.2) is 4.39 Å². The minimum atomic E-state index is -0.424. The highest BCUT2D eigenvalue weighted by molar-refractivity contribution is 6.30. The first-order chi connectivity index (χ1) is 8.61. The SMILES string of the molecule is COc1ccc(C(N)c2cccc(Cl)c2)cc1F. The number of hydrogen-bond donors (Lipinski definition) is 1. The summed E-state index contributed by atoms with van der Waals surface area (Å²) in [6.07, 6.45) is 0. The zero-order valence-electron chi connectivity index (χ0n) is 9.86. The average Bonchev–Trinajstić information content (AvgIpc) is 2.37. The van der Waals surface area contributed by atoms with Crippen LogP contribution in [0.3, 0.4) is 0 Å². The molecule has 2 aromatic rings. The van der Waals surface area contributed by atoms with E-state index in [1.807, 2.05) is 12.1 Å². The Hall–Kier alpha value is -1.58. The fraction of sp³-hybridized carbons (Fsp3) is 0.143. The van der Waals surface area contributed by atoms with Crippen LogP contribution in [-0.2, 0) is 0 Å². The molecule has 0 heterocycles. The van der Waals surface area contributed by atoms with Gasteiger partial charge < -0.3 is 10.5 Å². The van der Waals surface area contributed by atoms with Crippen LogP contribution in [0.4, 0.5) is 4.39 Å². The van der Waals surface area contributed by atoms with Crippen LogP contribution in [-0.4, -0.2) is 7.11 Å². The highest BCUT2D eigenvalue weighted by Gasteiger charge is 2.12. The van der Waals surface area contributed by atoms with Gasteiger partial charge in [0, 0.05) is 5.02 Å². The van der Waals surface area contributed by atoms with Crippen LogP contribution in [0.5, 0.6) is 5.75 Å². The first kappa shape index (κ1) is 12.9. The Kier molecular flexibility index (Phi) is 3.84. The smallest absolute Gasteiger partial charge is 0.165 e. The van der Waals surface area contributed by atoms with Crippen molar-refractivity contribution >= 4 is 11.6 Å². The fourth-order valence-corrected chi connectivity index (χ4v) is 1.97. The maximum Gasteiger partial charge on any atom is 0.165 e. The maximum absolute atomic E-state index is 13.6. The van der Waals surface area contributed by atoms with E-state index in [0.29, 0.717) is 10.6 Å². The van der Waals surface area contributed by atoms with Gasteiger partial charge in [0.2, 0.25) is 0 Å². The Morgan fingerprint density at radius 2 is 1.89 bits per heavy atom. The lowest BCUT2D eigenvalue weighted by Gasteiger charge is -2.14. The van der Waals surface area contributed by atoms with Crippen LogP contribution in [0.15, 0.2) is 42.5 Å². The quantitative estimate of drug-likeness (QED) is 0.921. The Balaban J connectivity index is 2.34. The molecule has 0 radical (unpaired) electrons. The molecular weight excluding hydrogens is 253 g/mol. The molecule has 0 aliphatic carbocycles. The third-order valence-corrected chi connectivity index (χ3v) is 2.98. The van der Waals surface area contributed by atoms with E-state index in [1.165, 1.54) is 13.2 Å². The minimum Gasteiger partial charge on any atom is -0.494 e. The summed E-state index contributed by atoms with van der Waals surface area (Å²) in [6.45, 7) is 0. The molecule has 1 unspecified atom stereocenters. The monoisotopic (exact) mass is 265 g/mol. The van der Waals surface area contributed by atoms with Gasteiger partial charge in [-0.1, -0.05) is 29.8 Å². The Morgan fingerprint density at radius 3 is 2.50 bits per heavy atom. The van der Waals surface area contributed by atoms with Gasteiger partial charge in [-0.2, -0.15) is 0 Å². The maximum atomic E-state index is 13.6. The van der Waals surface area contributed by atoms with E-state index in [9.17, 15) is 4.39 Å². The molecule has 2 rings (SSSR count). The molecule has 0 amide bonds. The molecule has 0 saturated carbocycles. The van der Waals surface area contributed by atoms with E-state index in [1.54, 1.807) is 24.3 Å². The number of hydrogen-bond acceptors (Lipinski definition) is 2. The second-order valence-electron chi connectivity index (χ2n) is 3.93. The van der Waals surface area contributed by atoms with Crippen LogP contribution in [0, 0.1) is 5.82 Å². The molecule has 2 N–H and O–H groups in total. The first-order valence-corrected chi connectivity index (χ1v) is 5.84. The highest BCUT2D eigenvalue weighted by atomic mass is 35.5. The molecule has 0 bridgehead atoms. The lowest BCUT2D eigenvalue weighted by Crippen LogP contribution is -2.12. The van der Waals surface area contributed by atoms with Gasteiger partial charge >= 0.3 is 0 Å². The van der Waals surface area contributed by atoms with E-state index in [4.69, 9.17) is 22.1 Å². The van der Waals surface area contributed by atoms with Crippen molar-refractivity contribution in [3.8, 4) is 5.75 Å². The van der Waals surface area contributed by atoms with Crippen molar-refractivity contribution in [2.45, 2.75) is 6.04 Å². The molecule has 1 atom stereocenters. The molecule has 0 aliphatic heterocycles. The highest BCUT2D eigenvalue weighted by Crippen LogP contribution is 2.26. The zero-order chi connectivity index (χ0) is 13.1. The largest absolute Gasteiger partial charge is 0.494 e.